The number of Topliss-reactive ketones (excluding diaryl/α,β-unsaturated/α-hetero) is 1. The van der Waals surface area contributed by atoms with E-state index in [1.165, 1.54) is 4.90 Å². The van der Waals surface area contributed by atoms with E-state index in [-0.39, 0.29) is 0 Å². The lowest BCUT2D eigenvalue weighted by molar-refractivity contribution is -0.114. The van der Waals surface area contributed by atoms with Gasteiger partial charge in [-0.3, -0.25) is 14.5 Å². The highest BCUT2D eigenvalue weighted by Crippen LogP contribution is 2.39. The minimum Gasteiger partial charge on any atom is -0.299 e. The van der Waals surface area contributed by atoms with Crippen LogP contribution < -0.4 is 4.90 Å². The van der Waals surface area contributed by atoms with Gasteiger partial charge in [0.2, 0.25) is 0 Å². The van der Waals surface area contributed by atoms with E-state index in [1.807, 2.05) is 42.5 Å². The van der Waals surface area contributed by atoms with E-state index in [4.69, 9.17) is 0 Å². The van der Waals surface area contributed by atoms with Crippen LogP contribution in [0.1, 0.15) is 15.9 Å². The fourth-order valence-corrected chi connectivity index (χ4v) is 4.46. The van der Waals surface area contributed by atoms with Crippen molar-refractivity contribution in [2.45, 2.75) is 6.54 Å². The van der Waals surface area contributed by atoms with E-state index < -0.39 is 11.7 Å². The lowest BCUT2D eigenvalue weighted by atomic mass is 10.1. The number of carbonyl (C=O) groups excluding carboxylic acids is 2. The fraction of sp³-hybridized carbons (Fsp3) is 0.0526. The Bertz CT molecular complexity index is 1010. The van der Waals surface area contributed by atoms with E-state index in [9.17, 15) is 9.59 Å². The third kappa shape index (κ3) is 2.48. The monoisotopic (exact) mass is 443 g/mol. The van der Waals surface area contributed by atoms with E-state index in [0.29, 0.717) is 17.8 Å². The maximum absolute atomic E-state index is 12.4. The number of halogens is 2. The Hall–Kier alpha value is -1.98. The molecule has 5 heteroatoms. The highest BCUT2D eigenvalue weighted by molar-refractivity contribution is 9.11. The molecule has 1 aliphatic heterocycles. The Morgan fingerprint density at radius 1 is 0.875 bits per heavy atom. The van der Waals surface area contributed by atoms with E-state index in [1.54, 1.807) is 6.07 Å². The van der Waals surface area contributed by atoms with Crippen LogP contribution in [0.2, 0.25) is 0 Å². The Labute approximate surface area is 155 Å². The normalized spacial score (nSPS) is 13.7. The van der Waals surface area contributed by atoms with Crippen molar-refractivity contribution in [2.75, 3.05) is 4.90 Å². The summed E-state index contributed by atoms with van der Waals surface area (Å²) in [6.45, 7) is 0.364. The molecule has 0 fully saturated rings. The second kappa shape index (κ2) is 5.83. The summed E-state index contributed by atoms with van der Waals surface area (Å²) in [5.74, 6) is -0.954. The zero-order chi connectivity index (χ0) is 16.8. The van der Waals surface area contributed by atoms with Crippen LogP contribution in [0.3, 0.4) is 0 Å². The van der Waals surface area contributed by atoms with Gasteiger partial charge in [0, 0.05) is 8.95 Å². The Balaban J connectivity index is 1.77. The third-order valence-electron chi connectivity index (χ3n) is 4.14. The molecule has 0 radical (unpaired) electrons. The molecule has 0 bridgehead atoms. The first-order chi connectivity index (χ1) is 11.5. The molecule has 1 amide bonds. The zero-order valence-electron chi connectivity index (χ0n) is 12.4. The number of anilines is 1. The van der Waals surface area contributed by atoms with Crippen LogP contribution in [0, 0.1) is 0 Å². The first kappa shape index (κ1) is 15.5. The van der Waals surface area contributed by atoms with Crippen LogP contribution in [0.25, 0.3) is 10.8 Å². The molecule has 0 aliphatic carbocycles. The molecule has 118 valence electrons. The van der Waals surface area contributed by atoms with Crippen molar-refractivity contribution < 1.29 is 9.59 Å². The van der Waals surface area contributed by atoms with Crippen molar-refractivity contribution in [3.8, 4) is 0 Å². The van der Waals surface area contributed by atoms with Gasteiger partial charge in [-0.25, -0.2) is 0 Å². The van der Waals surface area contributed by atoms with Crippen molar-refractivity contribution in [3.63, 3.8) is 0 Å². The lowest BCUT2D eigenvalue weighted by Gasteiger charge is -2.18. The van der Waals surface area contributed by atoms with Crippen molar-refractivity contribution in [1.82, 2.24) is 0 Å². The zero-order valence-corrected chi connectivity index (χ0v) is 15.6. The second-order valence-electron chi connectivity index (χ2n) is 5.69. The van der Waals surface area contributed by atoms with Gasteiger partial charge in [-0.15, -0.1) is 0 Å². The van der Waals surface area contributed by atoms with Gasteiger partial charge in [-0.2, -0.15) is 0 Å². The average Bonchev–Trinajstić information content (AvgIpc) is 2.80. The molecule has 0 aromatic heterocycles. The summed E-state index contributed by atoms with van der Waals surface area (Å²) in [5, 5.41) is 2.26. The number of nitrogens with zero attached hydrogens (tertiary/aromatic N) is 1. The number of hydrogen-bond acceptors (Lipinski definition) is 2. The van der Waals surface area contributed by atoms with Gasteiger partial charge in [0.25, 0.3) is 11.7 Å². The van der Waals surface area contributed by atoms with Gasteiger partial charge in [0.1, 0.15) is 0 Å². The summed E-state index contributed by atoms with van der Waals surface area (Å²) in [6.07, 6.45) is 0. The van der Waals surface area contributed by atoms with Crippen LogP contribution in [0.15, 0.2) is 63.5 Å². The number of carbonyl (C=O) groups is 2. The number of benzene rings is 3. The first-order valence-corrected chi connectivity index (χ1v) is 8.96. The standard InChI is InChI=1S/C19H11Br2NO2/c20-14-8-15-17(16(21)9-14)22(19(24)18(15)23)10-11-5-6-12-3-1-2-4-13(12)7-11/h1-9H,10H2. The molecule has 3 nitrogen and oxygen atoms in total. The van der Waals surface area contributed by atoms with Crippen molar-refractivity contribution >= 4 is 60.0 Å². The number of rotatable bonds is 2. The molecule has 24 heavy (non-hydrogen) atoms. The summed E-state index contributed by atoms with van der Waals surface area (Å²) in [7, 11) is 0. The molecular weight excluding hydrogens is 434 g/mol. The predicted octanol–water partition coefficient (Wildman–Crippen LogP) is 5.09. The van der Waals surface area contributed by atoms with E-state index in [0.717, 1.165) is 25.3 Å². The molecule has 0 unspecified atom stereocenters. The maximum Gasteiger partial charge on any atom is 0.299 e. The molecular formula is C19H11Br2NO2. The molecule has 0 saturated carbocycles. The van der Waals surface area contributed by atoms with Crippen molar-refractivity contribution in [2.24, 2.45) is 0 Å². The first-order valence-electron chi connectivity index (χ1n) is 7.37. The van der Waals surface area contributed by atoms with Gasteiger partial charge in [-0.05, 0) is 50.5 Å². The van der Waals surface area contributed by atoms with Gasteiger partial charge in [0.15, 0.2) is 0 Å². The number of fused-ring (bicyclic) bond motifs is 2. The van der Waals surface area contributed by atoms with Crippen LogP contribution >= 0.6 is 31.9 Å². The van der Waals surface area contributed by atoms with Gasteiger partial charge in [-0.1, -0.05) is 52.3 Å². The topological polar surface area (TPSA) is 37.4 Å². The van der Waals surface area contributed by atoms with Crippen LogP contribution in [0.4, 0.5) is 5.69 Å². The van der Waals surface area contributed by atoms with Crippen LogP contribution in [0.5, 0.6) is 0 Å². The van der Waals surface area contributed by atoms with Gasteiger partial charge in [0.05, 0.1) is 17.8 Å². The summed E-state index contributed by atoms with van der Waals surface area (Å²) in [4.78, 5) is 26.3. The molecule has 1 aliphatic rings. The smallest absolute Gasteiger partial charge is 0.299 e. The minimum absolute atomic E-state index is 0.364. The van der Waals surface area contributed by atoms with Crippen molar-refractivity contribution in [3.05, 3.63) is 74.7 Å². The fourth-order valence-electron chi connectivity index (χ4n) is 3.02. The Morgan fingerprint density at radius 2 is 1.62 bits per heavy atom. The minimum atomic E-state index is -0.489. The predicted molar refractivity (Wildman–Crippen MR) is 101 cm³/mol. The molecule has 0 spiro atoms. The van der Waals surface area contributed by atoms with E-state index in [2.05, 4.69) is 37.9 Å². The highest BCUT2D eigenvalue weighted by atomic mass is 79.9. The number of ketones is 1. The molecule has 3 aromatic carbocycles. The average molecular weight is 445 g/mol. The number of amides is 1. The van der Waals surface area contributed by atoms with Crippen molar-refractivity contribution in [1.29, 1.82) is 0 Å². The second-order valence-corrected chi connectivity index (χ2v) is 7.46. The summed E-state index contributed by atoms with van der Waals surface area (Å²) in [6, 6.07) is 17.7. The third-order valence-corrected chi connectivity index (χ3v) is 5.20. The SMILES string of the molecule is O=C1C(=O)N(Cc2ccc3ccccc3c2)c2c(Br)cc(Br)cc21. The summed E-state index contributed by atoms with van der Waals surface area (Å²) < 4.78 is 1.49. The molecule has 1 heterocycles. The largest absolute Gasteiger partial charge is 0.299 e. The molecule has 0 saturated heterocycles. The molecule has 0 atom stereocenters. The Kier molecular flexibility index (Phi) is 3.77. The molecule has 3 aromatic rings. The van der Waals surface area contributed by atoms with Gasteiger partial charge >= 0.3 is 0 Å². The lowest BCUT2D eigenvalue weighted by Crippen LogP contribution is -2.29. The van der Waals surface area contributed by atoms with Gasteiger partial charge < -0.3 is 0 Å². The molecule has 0 N–H and O–H groups in total. The quantitative estimate of drug-likeness (QED) is 0.516. The Morgan fingerprint density at radius 3 is 2.42 bits per heavy atom. The van der Waals surface area contributed by atoms with Crippen LogP contribution in [-0.4, -0.2) is 11.7 Å². The van der Waals surface area contributed by atoms with E-state index >= 15 is 0 Å². The summed E-state index contributed by atoms with van der Waals surface area (Å²) in [5.41, 5.74) is 2.06. The number of hydrogen-bond donors (Lipinski definition) is 0. The van der Waals surface area contributed by atoms with Crippen LogP contribution in [-0.2, 0) is 11.3 Å². The molecule has 4 rings (SSSR count). The maximum atomic E-state index is 12.4. The summed E-state index contributed by atoms with van der Waals surface area (Å²) >= 11 is 6.84. The highest BCUT2D eigenvalue weighted by Gasteiger charge is 2.37.